The highest BCUT2D eigenvalue weighted by molar-refractivity contribution is 6.03. The van der Waals surface area contributed by atoms with Crippen molar-refractivity contribution in [3.63, 3.8) is 0 Å². The van der Waals surface area contributed by atoms with Gasteiger partial charge in [-0.3, -0.25) is 14.9 Å². The van der Waals surface area contributed by atoms with E-state index in [1.54, 1.807) is 0 Å². The molecule has 0 unspecified atom stereocenters. The predicted octanol–water partition coefficient (Wildman–Crippen LogP) is -0.775. The van der Waals surface area contributed by atoms with Gasteiger partial charge < -0.3 is 15.7 Å². The maximum absolute atomic E-state index is 11.2. The first kappa shape index (κ1) is 16.6. The summed E-state index contributed by atoms with van der Waals surface area (Å²) in [7, 11) is 0. The van der Waals surface area contributed by atoms with Crippen LogP contribution in [-0.2, 0) is 14.4 Å². The fourth-order valence-corrected chi connectivity index (χ4v) is 0.886. The van der Waals surface area contributed by atoms with Crippen LogP contribution in [0.1, 0.15) is 13.8 Å². The molecule has 8 heteroatoms. The van der Waals surface area contributed by atoms with Crippen molar-refractivity contribution in [3.8, 4) is 0 Å². The van der Waals surface area contributed by atoms with Crippen LogP contribution in [0.25, 0.3) is 0 Å². The van der Waals surface area contributed by atoms with Crippen molar-refractivity contribution in [2.45, 2.75) is 13.8 Å². The van der Waals surface area contributed by atoms with Crippen molar-refractivity contribution in [2.75, 3.05) is 13.1 Å². The van der Waals surface area contributed by atoms with Gasteiger partial charge in [0.05, 0.1) is 6.54 Å². The van der Waals surface area contributed by atoms with E-state index in [-0.39, 0.29) is 12.5 Å². The van der Waals surface area contributed by atoms with Crippen molar-refractivity contribution in [2.24, 2.45) is 5.92 Å². The molecule has 0 aromatic heterocycles. The molecule has 0 aliphatic heterocycles. The molecule has 106 valence electrons. The first-order valence-corrected chi connectivity index (χ1v) is 5.57. The van der Waals surface area contributed by atoms with Gasteiger partial charge in [-0.1, -0.05) is 13.8 Å². The second-order valence-electron chi connectivity index (χ2n) is 4.04. The van der Waals surface area contributed by atoms with E-state index in [0.29, 0.717) is 24.6 Å². The van der Waals surface area contributed by atoms with Crippen LogP contribution in [0, 0.1) is 5.92 Å². The molecule has 0 saturated carbocycles. The molecule has 0 bridgehead atoms. The summed E-state index contributed by atoms with van der Waals surface area (Å²) in [6.07, 6.45) is 1.29. The molecule has 0 fully saturated rings. The molecule has 0 radical (unpaired) electrons. The number of imide groups is 1. The van der Waals surface area contributed by atoms with Gasteiger partial charge in [0.25, 0.3) is 5.91 Å². The van der Waals surface area contributed by atoms with Crippen molar-refractivity contribution in [1.29, 1.82) is 0 Å². The highest BCUT2D eigenvalue weighted by Gasteiger charge is 2.07. The maximum Gasteiger partial charge on any atom is 0.328 e. The van der Waals surface area contributed by atoms with Gasteiger partial charge in [-0.2, -0.15) is 0 Å². The van der Waals surface area contributed by atoms with Gasteiger partial charge in [0, 0.05) is 18.7 Å². The standard InChI is InChI=1S/C11H17N3O5/c1-7(2)5-12-9(16)6-13-11(19)14-8(15)3-4-10(17)18/h3-4,7H,5-6H2,1-2H3,(H,12,16)(H,17,18)(H2,13,14,15,19)/b4-3+. The number of hydrogen-bond donors (Lipinski definition) is 4. The van der Waals surface area contributed by atoms with Gasteiger partial charge in [0.2, 0.25) is 5.91 Å². The monoisotopic (exact) mass is 271 g/mol. The lowest BCUT2D eigenvalue weighted by molar-refractivity contribution is -0.131. The number of rotatable bonds is 6. The Morgan fingerprint density at radius 3 is 2.26 bits per heavy atom. The average molecular weight is 271 g/mol. The van der Waals surface area contributed by atoms with E-state index < -0.39 is 17.9 Å². The highest BCUT2D eigenvalue weighted by atomic mass is 16.4. The zero-order chi connectivity index (χ0) is 14.8. The largest absolute Gasteiger partial charge is 0.478 e. The number of carboxylic acid groups (broad SMARTS) is 1. The summed E-state index contributed by atoms with van der Waals surface area (Å²) in [5.74, 6) is -2.27. The Labute approximate surface area is 110 Å². The second-order valence-corrected chi connectivity index (χ2v) is 4.04. The summed E-state index contributed by atoms with van der Waals surface area (Å²) in [6.45, 7) is 4.07. The first-order chi connectivity index (χ1) is 8.81. The number of urea groups is 1. The van der Waals surface area contributed by atoms with Gasteiger partial charge in [-0.15, -0.1) is 0 Å². The van der Waals surface area contributed by atoms with E-state index in [0.717, 1.165) is 0 Å². The molecular formula is C11H17N3O5. The molecule has 0 saturated heterocycles. The fourth-order valence-electron chi connectivity index (χ4n) is 0.886. The van der Waals surface area contributed by atoms with Crippen LogP contribution in [0.3, 0.4) is 0 Å². The molecule has 0 spiro atoms. The SMILES string of the molecule is CC(C)CNC(=O)CNC(=O)NC(=O)/C=C/C(=O)O. The Hall–Kier alpha value is -2.38. The first-order valence-electron chi connectivity index (χ1n) is 5.57. The number of carbonyl (C=O) groups excluding carboxylic acids is 3. The minimum Gasteiger partial charge on any atom is -0.478 e. The van der Waals surface area contributed by atoms with Crippen LogP contribution in [0.4, 0.5) is 4.79 Å². The summed E-state index contributed by atoms with van der Waals surface area (Å²) < 4.78 is 0. The fraction of sp³-hybridized carbons (Fsp3) is 0.455. The molecular weight excluding hydrogens is 254 g/mol. The molecule has 19 heavy (non-hydrogen) atoms. The van der Waals surface area contributed by atoms with E-state index in [1.165, 1.54) is 0 Å². The Morgan fingerprint density at radius 1 is 1.11 bits per heavy atom. The lowest BCUT2D eigenvalue weighted by Gasteiger charge is -2.08. The number of hydrogen-bond acceptors (Lipinski definition) is 4. The number of amides is 4. The van der Waals surface area contributed by atoms with Crippen molar-refractivity contribution in [1.82, 2.24) is 16.0 Å². The van der Waals surface area contributed by atoms with Gasteiger partial charge in [0.1, 0.15) is 0 Å². The molecule has 0 aromatic rings. The van der Waals surface area contributed by atoms with E-state index >= 15 is 0 Å². The van der Waals surface area contributed by atoms with Crippen LogP contribution >= 0.6 is 0 Å². The minimum atomic E-state index is -1.30. The van der Waals surface area contributed by atoms with E-state index in [4.69, 9.17) is 5.11 Å². The number of nitrogens with one attached hydrogen (secondary N) is 3. The van der Waals surface area contributed by atoms with Crippen LogP contribution in [0.2, 0.25) is 0 Å². The Kier molecular flexibility index (Phi) is 7.59. The normalized spacial score (nSPS) is 10.3. The third kappa shape index (κ3) is 10.5. The molecule has 0 aromatic carbocycles. The zero-order valence-electron chi connectivity index (χ0n) is 10.7. The van der Waals surface area contributed by atoms with Crippen LogP contribution in [-0.4, -0.2) is 42.0 Å². The minimum absolute atomic E-state index is 0.269. The van der Waals surface area contributed by atoms with E-state index in [9.17, 15) is 19.2 Å². The molecule has 4 N–H and O–H groups in total. The van der Waals surface area contributed by atoms with Crippen molar-refractivity contribution in [3.05, 3.63) is 12.2 Å². The lowest BCUT2D eigenvalue weighted by Crippen LogP contribution is -2.44. The smallest absolute Gasteiger partial charge is 0.328 e. The zero-order valence-corrected chi connectivity index (χ0v) is 10.7. The number of aliphatic carboxylic acids is 1. The van der Waals surface area contributed by atoms with Crippen molar-refractivity contribution >= 4 is 23.8 Å². The number of carbonyl (C=O) groups is 4. The Morgan fingerprint density at radius 2 is 1.74 bits per heavy atom. The quantitative estimate of drug-likeness (QED) is 0.472. The van der Waals surface area contributed by atoms with Gasteiger partial charge in [-0.05, 0) is 5.92 Å². The molecule has 0 heterocycles. The predicted molar refractivity (Wildman–Crippen MR) is 66.2 cm³/mol. The van der Waals surface area contributed by atoms with E-state index in [1.807, 2.05) is 19.2 Å². The molecule has 8 nitrogen and oxygen atoms in total. The summed E-state index contributed by atoms with van der Waals surface area (Å²) in [6, 6.07) is -0.875. The maximum atomic E-state index is 11.2. The molecule has 0 aliphatic carbocycles. The van der Waals surface area contributed by atoms with Gasteiger partial charge in [-0.25, -0.2) is 9.59 Å². The summed E-state index contributed by atoms with van der Waals surface area (Å²) in [5.41, 5.74) is 0. The lowest BCUT2D eigenvalue weighted by atomic mass is 10.2. The molecule has 0 atom stereocenters. The molecule has 0 aliphatic rings. The molecule has 0 rings (SSSR count). The van der Waals surface area contributed by atoms with Crippen LogP contribution in [0.15, 0.2) is 12.2 Å². The highest BCUT2D eigenvalue weighted by Crippen LogP contribution is 1.86. The Bertz CT molecular complexity index is 390. The van der Waals surface area contributed by atoms with Crippen molar-refractivity contribution < 1.29 is 24.3 Å². The summed E-state index contributed by atoms with van der Waals surface area (Å²) in [4.78, 5) is 43.5. The van der Waals surface area contributed by atoms with Crippen LogP contribution in [0.5, 0.6) is 0 Å². The number of carboxylic acids is 1. The third-order valence-corrected chi connectivity index (χ3v) is 1.73. The van der Waals surface area contributed by atoms with E-state index in [2.05, 4.69) is 10.6 Å². The second kappa shape index (κ2) is 8.67. The third-order valence-electron chi connectivity index (χ3n) is 1.73. The average Bonchev–Trinajstić information content (AvgIpc) is 2.31. The molecule has 4 amide bonds. The summed E-state index contributed by atoms with van der Waals surface area (Å²) >= 11 is 0. The van der Waals surface area contributed by atoms with Gasteiger partial charge in [0.15, 0.2) is 0 Å². The topological polar surface area (TPSA) is 125 Å². The van der Waals surface area contributed by atoms with Crippen LogP contribution < -0.4 is 16.0 Å². The summed E-state index contributed by atoms with van der Waals surface area (Å²) in [5, 5.41) is 14.8. The van der Waals surface area contributed by atoms with Gasteiger partial charge >= 0.3 is 12.0 Å². The Balaban J connectivity index is 3.90.